The van der Waals surface area contributed by atoms with Crippen molar-refractivity contribution in [3.63, 3.8) is 0 Å². The van der Waals surface area contributed by atoms with E-state index >= 15 is 0 Å². The average Bonchev–Trinajstić information content (AvgIpc) is 2.62. The summed E-state index contributed by atoms with van der Waals surface area (Å²) in [5, 5.41) is 5.16. The molecule has 1 fully saturated rings. The molecule has 1 aliphatic rings. The van der Waals surface area contributed by atoms with E-state index < -0.39 is 10.2 Å². The van der Waals surface area contributed by atoms with E-state index in [4.69, 9.17) is 9.88 Å². The molecule has 8 heteroatoms. The SMILES string of the molecule is COc1ccc(F)cc1-c1ccc(CN2CCN(S(N)(=O)=O)CC2)cc1. The van der Waals surface area contributed by atoms with Gasteiger partial charge in [-0.2, -0.15) is 12.7 Å². The summed E-state index contributed by atoms with van der Waals surface area (Å²) in [4.78, 5) is 2.18. The highest BCUT2D eigenvalue weighted by Crippen LogP contribution is 2.30. The van der Waals surface area contributed by atoms with E-state index in [1.807, 2.05) is 24.3 Å². The number of hydrogen-bond donors (Lipinski definition) is 1. The molecule has 0 bridgehead atoms. The standard InChI is InChI=1S/C18H22FN3O3S/c1-25-18-7-6-16(19)12-17(18)15-4-2-14(3-5-15)13-21-8-10-22(11-9-21)26(20,23)24/h2-7,12H,8-11,13H2,1H3,(H2,20,23,24). The molecule has 1 saturated heterocycles. The van der Waals surface area contributed by atoms with Gasteiger partial charge in [-0.1, -0.05) is 24.3 Å². The van der Waals surface area contributed by atoms with Crippen molar-refractivity contribution in [2.24, 2.45) is 5.14 Å². The molecule has 3 rings (SSSR count). The Labute approximate surface area is 153 Å². The minimum absolute atomic E-state index is 0.308. The first-order chi connectivity index (χ1) is 12.4. The quantitative estimate of drug-likeness (QED) is 0.860. The normalized spacial score (nSPS) is 16.6. The van der Waals surface area contributed by atoms with E-state index in [2.05, 4.69) is 4.90 Å². The lowest BCUT2D eigenvalue weighted by atomic mass is 10.0. The van der Waals surface area contributed by atoms with Crippen LogP contribution in [0.5, 0.6) is 5.75 Å². The Morgan fingerprint density at radius 2 is 1.73 bits per heavy atom. The van der Waals surface area contributed by atoms with Gasteiger partial charge in [-0.3, -0.25) is 4.90 Å². The first kappa shape index (κ1) is 18.8. The van der Waals surface area contributed by atoms with E-state index in [1.54, 1.807) is 13.2 Å². The van der Waals surface area contributed by atoms with Crippen LogP contribution in [0.3, 0.4) is 0 Å². The van der Waals surface area contributed by atoms with Crippen LogP contribution in [0.15, 0.2) is 42.5 Å². The van der Waals surface area contributed by atoms with Gasteiger partial charge in [0.1, 0.15) is 11.6 Å². The highest BCUT2D eigenvalue weighted by molar-refractivity contribution is 7.86. The number of halogens is 1. The zero-order chi connectivity index (χ0) is 18.7. The van der Waals surface area contributed by atoms with E-state index in [9.17, 15) is 12.8 Å². The van der Waals surface area contributed by atoms with Crippen molar-refractivity contribution in [3.8, 4) is 16.9 Å². The lowest BCUT2D eigenvalue weighted by Crippen LogP contribution is -2.50. The zero-order valence-electron chi connectivity index (χ0n) is 14.6. The van der Waals surface area contributed by atoms with Crippen molar-refractivity contribution < 1.29 is 17.5 Å². The number of ether oxygens (including phenoxy) is 1. The Bertz CT molecular complexity index is 864. The van der Waals surface area contributed by atoms with Crippen LogP contribution in [0.1, 0.15) is 5.56 Å². The molecule has 2 aromatic rings. The minimum atomic E-state index is -3.60. The summed E-state index contributed by atoms with van der Waals surface area (Å²) in [6.45, 7) is 2.79. The Kier molecular flexibility index (Phi) is 5.57. The topological polar surface area (TPSA) is 75.9 Å². The van der Waals surface area contributed by atoms with Crippen LogP contribution < -0.4 is 9.88 Å². The fraction of sp³-hybridized carbons (Fsp3) is 0.333. The average molecular weight is 379 g/mol. The van der Waals surface area contributed by atoms with Gasteiger partial charge in [-0.15, -0.1) is 0 Å². The fourth-order valence-electron chi connectivity index (χ4n) is 3.10. The third kappa shape index (κ3) is 4.39. The molecule has 0 atom stereocenters. The predicted octanol–water partition coefficient (Wildman–Crippen LogP) is 1.82. The van der Waals surface area contributed by atoms with Gasteiger partial charge in [0.25, 0.3) is 10.2 Å². The second-order valence-corrected chi connectivity index (χ2v) is 7.81. The number of nitrogens with zero attached hydrogens (tertiary/aromatic N) is 2. The van der Waals surface area contributed by atoms with Crippen LogP contribution in [0.25, 0.3) is 11.1 Å². The smallest absolute Gasteiger partial charge is 0.276 e. The second kappa shape index (κ2) is 7.71. The molecule has 0 radical (unpaired) electrons. The molecule has 6 nitrogen and oxygen atoms in total. The van der Waals surface area contributed by atoms with Crippen LogP contribution in [0.2, 0.25) is 0 Å². The maximum Gasteiger partial charge on any atom is 0.276 e. The van der Waals surface area contributed by atoms with E-state index in [0.29, 0.717) is 37.5 Å². The monoisotopic (exact) mass is 379 g/mol. The molecule has 2 aromatic carbocycles. The Balaban J connectivity index is 1.67. The molecule has 26 heavy (non-hydrogen) atoms. The summed E-state index contributed by atoms with van der Waals surface area (Å²) in [7, 11) is -2.04. The number of benzene rings is 2. The van der Waals surface area contributed by atoms with Gasteiger partial charge < -0.3 is 4.74 Å². The largest absolute Gasteiger partial charge is 0.496 e. The predicted molar refractivity (Wildman–Crippen MR) is 98.3 cm³/mol. The third-order valence-corrected chi connectivity index (χ3v) is 5.61. The maximum absolute atomic E-state index is 13.6. The Morgan fingerprint density at radius 1 is 1.08 bits per heavy atom. The van der Waals surface area contributed by atoms with Crippen LogP contribution in [0, 0.1) is 5.82 Å². The van der Waals surface area contributed by atoms with Crippen molar-refractivity contribution in [2.75, 3.05) is 33.3 Å². The van der Waals surface area contributed by atoms with Crippen LogP contribution in [-0.2, 0) is 16.8 Å². The van der Waals surface area contributed by atoms with E-state index in [0.717, 1.165) is 17.7 Å². The van der Waals surface area contributed by atoms with Crippen LogP contribution in [-0.4, -0.2) is 50.9 Å². The van der Waals surface area contributed by atoms with E-state index in [-0.39, 0.29) is 5.82 Å². The first-order valence-corrected chi connectivity index (χ1v) is 9.80. The lowest BCUT2D eigenvalue weighted by Gasteiger charge is -2.32. The fourth-order valence-corrected chi connectivity index (χ4v) is 3.77. The van der Waals surface area contributed by atoms with Crippen molar-refractivity contribution in [1.29, 1.82) is 0 Å². The van der Waals surface area contributed by atoms with Crippen molar-refractivity contribution in [1.82, 2.24) is 9.21 Å². The molecule has 0 saturated carbocycles. The Morgan fingerprint density at radius 3 is 2.31 bits per heavy atom. The number of hydrogen-bond acceptors (Lipinski definition) is 4. The molecular formula is C18H22FN3O3S. The van der Waals surface area contributed by atoms with Crippen molar-refractivity contribution in [3.05, 3.63) is 53.8 Å². The molecule has 0 spiro atoms. The van der Waals surface area contributed by atoms with Crippen LogP contribution >= 0.6 is 0 Å². The number of methoxy groups -OCH3 is 1. The molecule has 1 aliphatic heterocycles. The summed E-state index contributed by atoms with van der Waals surface area (Å²) < 4.78 is 42.9. The van der Waals surface area contributed by atoms with Gasteiger partial charge in [0.05, 0.1) is 7.11 Å². The van der Waals surface area contributed by atoms with Gasteiger partial charge in [0.2, 0.25) is 0 Å². The summed E-state index contributed by atoms with van der Waals surface area (Å²) >= 11 is 0. The van der Waals surface area contributed by atoms with Gasteiger partial charge in [0, 0.05) is 38.3 Å². The Hall–Kier alpha value is -2.00. The zero-order valence-corrected chi connectivity index (χ0v) is 15.4. The first-order valence-electron chi connectivity index (χ1n) is 8.30. The van der Waals surface area contributed by atoms with Crippen molar-refractivity contribution in [2.45, 2.75) is 6.54 Å². The molecular weight excluding hydrogens is 357 g/mol. The summed E-state index contributed by atoms with van der Waals surface area (Å²) in [6, 6.07) is 12.3. The highest BCUT2D eigenvalue weighted by atomic mass is 32.2. The van der Waals surface area contributed by atoms with E-state index in [1.165, 1.54) is 16.4 Å². The highest BCUT2D eigenvalue weighted by Gasteiger charge is 2.23. The number of nitrogens with two attached hydrogens (primary N) is 1. The van der Waals surface area contributed by atoms with Crippen LogP contribution in [0.4, 0.5) is 4.39 Å². The number of piperazine rings is 1. The molecule has 0 aliphatic carbocycles. The molecule has 0 amide bonds. The van der Waals surface area contributed by atoms with Crippen molar-refractivity contribution >= 4 is 10.2 Å². The molecule has 140 valence electrons. The summed E-state index contributed by atoms with van der Waals surface area (Å²) in [5.41, 5.74) is 2.69. The minimum Gasteiger partial charge on any atom is -0.496 e. The molecule has 0 aromatic heterocycles. The number of rotatable bonds is 5. The van der Waals surface area contributed by atoms with Gasteiger partial charge in [-0.25, -0.2) is 9.53 Å². The maximum atomic E-state index is 13.6. The molecule has 0 unspecified atom stereocenters. The van der Waals surface area contributed by atoms with Gasteiger partial charge >= 0.3 is 0 Å². The second-order valence-electron chi connectivity index (χ2n) is 6.26. The van der Waals surface area contributed by atoms with Gasteiger partial charge in [0.15, 0.2) is 0 Å². The summed E-state index contributed by atoms with van der Waals surface area (Å²) in [5.74, 6) is 0.316. The lowest BCUT2D eigenvalue weighted by molar-refractivity contribution is 0.181. The molecule has 1 heterocycles. The summed E-state index contributed by atoms with van der Waals surface area (Å²) in [6.07, 6.45) is 0. The third-order valence-electron chi connectivity index (χ3n) is 4.52. The molecule has 2 N–H and O–H groups in total. The van der Waals surface area contributed by atoms with Gasteiger partial charge in [-0.05, 0) is 29.3 Å².